The van der Waals surface area contributed by atoms with E-state index in [-0.39, 0.29) is 11.9 Å². The van der Waals surface area contributed by atoms with Gasteiger partial charge in [-0.05, 0) is 0 Å². The van der Waals surface area contributed by atoms with Crippen molar-refractivity contribution in [2.75, 3.05) is 13.2 Å². The summed E-state index contributed by atoms with van der Waals surface area (Å²) in [4.78, 5) is 14.6. The van der Waals surface area contributed by atoms with E-state index in [1.807, 2.05) is 6.92 Å². The molecule has 0 rings (SSSR count). The topological polar surface area (TPSA) is 61.5 Å². The lowest BCUT2D eigenvalue weighted by atomic mass is 10.2. The van der Waals surface area contributed by atoms with E-state index >= 15 is 0 Å². The fourth-order valence-corrected chi connectivity index (χ4v) is 0.472. The molecule has 0 aliphatic heterocycles. The van der Waals surface area contributed by atoms with Crippen molar-refractivity contribution in [1.29, 1.82) is 0 Å². The Hall–Kier alpha value is -0.610. The molecule has 2 N–H and O–H groups in total. The van der Waals surface area contributed by atoms with Crippen molar-refractivity contribution in [2.24, 2.45) is 11.8 Å². The molecule has 4 nitrogen and oxygen atoms in total. The minimum atomic E-state index is -0.274. The molecule has 4 heteroatoms. The first-order valence-electron chi connectivity index (χ1n) is 3.12. The highest BCUT2D eigenvalue weighted by molar-refractivity contribution is 5.65. The molecule has 0 saturated carbocycles. The van der Waals surface area contributed by atoms with Crippen LogP contribution in [-0.4, -0.2) is 19.2 Å². The van der Waals surface area contributed by atoms with Gasteiger partial charge in [-0.15, -0.1) is 0 Å². The summed E-state index contributed by atoms with van der Waals surface area (Å²) in [6.45, 7) is 4.03. The molecule has 0 heterocycles. The third kappa shape index (κ3) is 5.53. The van der Waals surface area contributed by atoms with Gasteiger partial charge in [-0.25, -0.2) is 5.90 Å². The summed E-state index contributed by atoms with van der Waals surface area (Å²) >= 11 is 0. The van der Waals surface area contributed by atoms with Crippen LogP contribution in [0.25, 0.3) is 0 Å². The Kier molecular flexibility index (Phi) is 4.88. The molecule has 0 fully saturated rings. The fraction of sp³-hybridized carbons (Fsp3) is 0.833. The number of hydrogen-bond donors (Lipinski definition) is 1. The Morgan fingerprint density at radius 1 is 1.60 bits per heavy atom. The molecule has 0 aromatic heterocycles. The molecule has 0 bridgehead atoms. The average molecular weight is 147 g/mol. The standard InChI is InChI=1S/C6H13NO3/c1-5(4-10-7)3-9-6(2)8/h5H,3-4,7H2,1-2H3. The molecule has 0 aliphatic carbocycles. The van der Waals surface area contributed by atoms with Crippen LogP contribution in [0.2, 0.25) is 0 Å². The van der Waals surface area contributed by atoms with Crippen molar-refractivity contribution in [3.8, 4) is 0 Å². The Balaban J connectivity index is 3.21. The Morgan fingerprint density at radius 3 is 2.60 bits per heavy atom. The summed E-state index contributed by atoms with van der Waals surface area (Å²) < 4.78 is 4.68. The second-order valence-corrected chi connectivity index (χ2v) is 2.24. The predicted molar refractivity (Wildman–Crippen MR) is 35.9 cm³/mol. The van der Waals surface area contributed by atoms with Gasteiger partial charge in [-0.3, -0.25) is 4.79 Å². The van der Waals surface area contributed by atoms with Gasteiger partial charge < -0.3 is 9.57 Å². The first-order chi connectivity index (χ1) is 4.66. The van der Waals surface area contributed by atoms with Crippen LogP contribution in [0.1, 0.15) is 13.8 Å². The van der Waals surface area contributed by atoms with E-state index in [4.69, 9.17) is 5.90 Å². The second-order valence-electron chi connectivity index (χ2n) is 2.24. The van der Waals surface area contributed by atoms with E-state index in [0.29, 0.717) is 13.2 Å². The molecule has 0 radical (unpaired) electrons. The molecule has 0 spiro atoms. The Labute approximate surface area is 60.2 Å². The normalized spacial score (nSPS) is 12.7. The molecule has 1 unspecified atom stereocenters. The monoisotopic (exact) mass is 147 g/mol. The maximum absolute atomic E-state index is 10.3. The maximum Gasteiger partial charge on any atom is 0.302 e. The van der Waals surface area contributed by atoms with Crippen LogP contribution in [0.4, 0.5) is 0 Å². The van der Waals surface area contributed by atoms with E-state index in [1.54, 1.807) is 0 Å². The molecule has 0 saturated heterocycles. The van der Waals surface area contributed by atoms with E-state index in [1.165, 1.54) is 6.92 Å². The predicted octanol–water partition coefficient (Wildman–Crippen LogP) is 0.0759. The Bertz CT molecular complexity index is 105. The van der Waals surface area contributed by atoms with Crippen molar-refractivity contribution in [3.05, 3.63) is 0 Å². The highest BCUT2D eigenvalue weighted by Gasteiger charge is 2.02. The first kappa shape index (κ1) is 9.39. The molecule has 10 heavy (non-hydrogen) atoms. The minimum absolute atomic E-state index is 0.161. The smallest absolute Gasteiger partial charge is 0.302 e. The van der Waals surface area contributed by atoms with E-state index in [2.05, 4.69) is 9.57 Å². The van der Waals surface area contributed by atoms with Gasteiger partial charge in [0.25, 0.3) is 0 Å². The van der Waals surface area contributed by atoms with E-state index in [9.17, 15) is 4.79 Å². The molecule has 60 valence electrons. The average Bonchev–Trinajstić information content (AvgIpc) is 1.85. The lowest BCUT2D eigenvalue weighted by Crippen LogP contribution is -2.16. The summed E-state index contributed by atoms with van der Waals surface area (Å²) in [6.07, 6.45) is 0. The summed E-state index contributed by atoms with van der Waals surface area (Å²) in [5.41, 5.74) is 0. The summed E-state index contributed by atoms with van der Waals surface area (Å²) in [6, 6.07) is 0. The number of esters is 1. The molecule has 0 aliphatic rings. The largest absolute Gasteiger partial charge is 0.465 e. The molecule has 0 amide bonds. The van der Waals surface area contributed by atoms with Gasteiger partial charge in [-0.1, -0.05) is 6.92 Å². The molecular weight excluding hydrogens is 134 g/mol. The van der Waals surface area contributed by atoms with Crippen molar-refractivity contribution < 1.29 is 14.4 Å². The fourth-order valence-electron chi connectivity index (χ4n) is 0.472. The molecular formula is C6H13NO3. The van der Waals surface area contributed by atoms with Gasteiger partial charge >= 0.3 is 5.97 Å². The summed E-state index contributed by atoms with van der Waals surface area (Å²) in [7, 11) is 0. The molecule has 1 atom stereocenters. The lowest BCUT2D eigenvalue weighted by Gasteiger charge is -2.08. The van der Waals surface area contributed by atoms with Gasteiger partial charge in [0, 0.05) is 12.8 Å². The maximum atomic E-state index is 10.3. The highest BCUT2D eigenvalue weighted by Crippen LogP contribution is 1.94. The molecule has 0 aromatic rings. The SMILES string of the molecule is CC(=O)OCC(C)CON. The zero-order valence-electron chi connectivity index (χ0n) is 6.29. The number of nitrogens with two attached hydrogens (primary N) is 1. The van der Waals surface area contributed by atoms with Crippen molar-refractivity contribution in [1.82, 2.24) is 0 Å². The van der Waals surface area contributed by atoms with Gasteiger partial charge in [0.2, 0.25) is 0 Å². The van der Waals surface area contributed by atoms with Gasteiger partial charge in [0.15, 0.2) is 0 Å². The van der Waals surface area contributed by atoms with Crippen molar-refractivity contribution in [2.45, 2.75) is 13.8 Å². The summed E-state index contributed by atoms with van der Waals surface area (Å²) in [5.74, 6) is 4.68. The number of rotatable bonds is 4. The highest BCUT2D eigenvalue weighted by atomic mass is 16.6. The third-order valence-corrected chi connectivity index (χ3v) is 0.952. The summed E-state index contributed by atoms with van der Waals surface area (Å²) in [5, 5.41) is 0. The lowest BCUT2D eigenvalue weighted by molar-refractivity contribution is -0.142. The Morgan fingerprint density at radius 2 is 2.20 bits per heavy atom. The number of carbonyl (C=O) groups excluding carboxylic acids is 1. The van der Waals surface area contributed by atoms with Crippen LogP contribution in [0.3, 0.4) is 0 Å². The number of ether oxygens (including phenoxy) is 1. The quantitative estimate of drug-likeness (QED) is 0.451. The van der Waals surface area contributed by atoms with Crippen LogP contribution < -0.4 is 5.90 Å². The van der Waals surface area contributed by atoms with Crippen LogP contribution in [0, 0.1) is 5.92 Å². The second kappa shape index (κ2) is 5.20. The van der Waals surface area contributed by atoms with Crippen molar-refractivity contribution in [3.63, 3.8) is 0 Å². The number of carbonyl (C=O) groups is 1. The minimum Gasteiger partial charge on any atom is -0.465 e. The van der Waals surface area contributed by atoms with Crippen LogP contribution >= 0.6 is 0 Å². The van der Waals surface area contributed by atoms with Gasteiger partial charge in [0.05, 0.1) is 13.2 Å². The van der Waals surface area contributed by atoms with E-state index < -0.39 is 0 Å². The zero-order chi connectivity index (χ0) is 7.98. The van der Waals surface area contributed by atoms with Gasteiger partial charge in [-0.2, -0.15) is 0 Å². The van der Waals surface area contributed by atoms with Crippen molar-refractivity contribution >= 4 is 5.97 Å². The van der Waals surface area contributed by atoms with Crippen LogP contribution in [0.5, 0.6) is 0 Å². The number of hydrogen-bond acceptors (Lipinski definition) is 4. The first-order valence-corrected chi connectivity index (χ1v) is 3.12. The van der Waals surface area contributed by atoms with Crippen LogP contribution in [-0.2, 0) is 14.4 Å². The third-order valence-electron chi connectivity index (χ3n) is 0.952. The van der Waals surface area contributed by atoms with E-state index in [0.717, 1.165) is 0 Å². The van der Waals surface area contributed by atoms with Crippen LogP contribution in [0.15, 0.2) is 0 Å². The molecule has 0 aromatic carbocycles. The zero-order valence-corrected chi connectivity index (χ0v) is 6.29. The van der Waals surface area contributed by atoms with Gasteiger partial charge in [0.1, 0.15) is 0 Å².